The molecule has 3 saturated carbocycles. The van der Waals surface area contributed by atoms with Gasteiger partial charge in [-0.3, -0.25) is 13.8 Å². The average Bonchev–Trinajstić information content (AvgIpc) is 3.75. The third-order valence-electron chi connectivity index (χ3n) is 9.39. The van der Waals surface area contributed by atoms with E-state index in [1.807, 2.05) is 6.92 Å². The fourth-order valence-corrected chi connectivity index (χ4v) is 8.01. The SMILES string of the molecule is CC[C@@H]1C[C@]1(NC(=O)[C@@H]1C[C@H](OS(=O)(=O)c2ccc(Br)cc2)CN1C(=O)[C@@H](NC(=O)O[C@@H]1C[C@@H]2C[C@@H]2C1)C(C)(C)C)C(=O)O. The molecule has 0 unspecified atom stereocenters. The van der Waals surface area contributed by atoms with Crippen molar-refractivity contribution in [3.63, 3.8) is 0 Å². The predicted molar refractivity (Wildman–Crippen MR) is 161 cm³/mol. The minimum atomic E-state index is -4.26. The van der Waals surface area contributed by atoms with Crippen LogP contribution in [0.5, 0.6) is 0 Å². The Balaban J connectivity index is 1.36. The molecule has 8 atom stereocenters. The van der Waals surface area contributed by atoms with E-state index in [9.17, 15) is 32.7 Å². The highest BCUT2D eigenvalue weighted by Crippen LogP contribution is 2.52. The first-order chi connectivity index (χ1) is 20.5. The van der Waals surface area contributed by atoms with Crippen LogP contribution in [0.4, 0.5) is 4.79 Å². The molecule has 4 aliphatic rings. The van der Waals surface area contributed by atoms with Crippen molar-refractivity contribution in [2.24, 2.45) is 23.2 Å². The molecular weight excluding hydrogens is 658 g/mol. The van der Waals surface area contributed by atoms with Gasteiger partial charge < -0.3 is 25.4 Å². The van der Waals surface area contributed by atoms with Gasteiger partial charge >= 0.3 is 12.1 Å². The number of halogens is 1. The first-order valence-electron chi connectivity index (χ1n) is 15.1. The number of rotatable bonds is 10. The number of hydrogen-bond acceptors (Lipinski definition) is 8. The second-order valence-corrected chi connectivity index (χ2v) is 16.1. The van der Waals surface area contributed by atoms with Gasteiger partial charge in [-0.25, -0.2) is 9.59 Å². The normalized spacial score (nSPS) is 31.5. The topological polar surface area (TPSA) is 168 Å². The number of hydrogen-bond donors (Lipinski definition) is 3. The number of fused-ring (bicyclic) bond motifs is 1. The molecule has 1 aromatic rings. The van der Waals surface area contributed by atoms with E-state index in [1.165, 1.54) is 17.0 Å². The lowest BCUT2D eigenvalue weighted by Gasteiger charge is -2.35. The largest absolute Gasteiger partial charge is 0.479 e. The van der Waals surface area contributed by atoms with E-state index in [2.05, 4.69) is 26.6 Å². The molecule has 0 bridgehead atoms. The standard InChI is InChI=1S/C30H40BrN3O9S/c1-5-18-14-30(18,27(37)38)33-25(35)23-13-21(43-44(40,41)22-8-6-19(31)7-9-22)15-34(23)26(36)24(29(2,3)4)32-28(39)42-20-11-16-10-17(16)12-20/h6-9,16-18,20-21,23-24H,5,10-15H2,1-4H3,(H,32,39)(H,33,35)(H,37,38)/t16-,17+,18-,20+,21+,23+,24-,30-/m1/s1. The minimum absolute atomic E-state index is 0.0957. The third-order valence-corrected chi connectivity index (χ3v) is 11.3. The molecule has 3 aliphatic carbocycles. The molecule has 14 heteroatoms. The number of carbonyl (C=O) groups is 4. The quantitative estimate of drug-likeness (QED) is 0.310. The summed E-state index contributed by atoms with van der Waals surface area (Å²) in [6.07, 6.45) is 1.33. The fraction of sp³-hybridized carbons (Fsp3) is 0.667. The van der Waals surface area contributed by atoms with Gasteiger partial charge in [0, 0.05) is 17.4 Å². The van der Waals surface area contributed by atoms with Crippen molar-refractivity contribution in [1.82, 2.24) is 15.5 Å². The van der Waals surface area contributed by atoms with Crippen molar-refractivity contribution in [2.75, 3.05) is 6.54 Å². The summed E-state index contributed by atoms with van der Waals surface area (Å²) in [6, 6.07) is 3.49. The summed E-state index contributed by atoms with van der Waals surface area (Å²) in [5, 5.41) is 15.2. The number of ether oxygens (including phenoxy) is 1. The van der Waals surface area contributed by atoms with Crippen LogP contribution >= 0.6 is 15.9 Å². The molecular formula is C30H40BrN3O9S. The summed E-state index contributed by atoms with van der Waals surface area (Å²) in [5.41, 5.74) is -2.26. The van der Waals surface area contributed by atoms with Gasteiger partial charge in [0.25, 0.3) is 10.1 Å². The maximum Gasteiger partial charge on any atom is 0.408 e. The molecule has 1 aromatic carbocycles. The van der Waals surface area contributed by atoms with Crippen LogP contribution in [-0.2, 0) is 33.4 Å². The van der Waals surface area contributed by atoms with Crippen LogP contribution in [0.3, 0.4) is 0 Å². The number of carboxylic acid groups (broad SMARTS) is 1. The Bertz CT molecular complexity index is 1420. The molecule has 1 saturated heterocycles. The van der Waals surface area contributed by atoms with Gasteiger partial charge in [0.05, 0.1) is 11.0 Å². The number of nitrogens with one attached hydrogen (secondary N) is 2. The highest BCUT2D eigenvalue weighted by atomic mass is 79.9. The van der Waals surface area contributed by atoms with E-state index in [1.54, 1.807) is 32.9 Å². The van der Waals surface area contributed by atoms with Crippen LogP contribution in [0, 0.1) is 23.2 Å². The van der Waals surface area contributed by atoms with Crippen molar-refractivity contribution in [3.05, 3.63) is 28.7 Å². The smallest absolute Gasteiger partial charge is 0.408 e. The Kier molecular flexibility index (Phi) is 8.84. The zero-order valence-corrected chi connectivity index (χ0v) is 27.6. The van der Waals surface area contributed by atoms with E-state index in [0.29, 0.717) is 22.7 Å². The Morgan fingerprint density at radius 1 is 1.07 bits per heavy atom. The minimum Gasteiger partial charge on any atom is -0.479 e. The van der Waals surface area contributed by atoms with Gasteiger partial charge in [-0.15, -0.1) is 0 Å². The van der Waals surface area contributed by atoms with Gasteiger partial charge in [-0.1, -0.05) is 50.0 Å². The van der Waals surface area contributed by atoms with Crippen molar-refractivity contribution < 1.29 is 41.6 Å². The highest BCUT2D eigenvalue weighted by Gasteiger charge is 2.61. The Labute approximate surface area is 265 Å². The summed E-state index contributed by atoms with van der Waals surface area (Å²) < 4.78 is 38.0. The van der Waals surface area contributed by atoms with Crippen LogP contribution in [0.2, 0.25) is 0 Å². The zero-order valence-electron chi connectivity index (χ0n) is 25.2. The molecule has 1 heterocycles. The molecule has 44 heavy (non-hydrogen) atoms. The van der Waals surface area contributed by atoms with Crippen LogP contribution in [0.15, 0.2) is 33.6 Å². The number of amides is 3. The first-order valence-corrected chi connectivity index (χ1v) is 17.3. The second kappa shape index (κ2) is 11.9. The lowest BCUT2D eigenvalue weighted by atomic mass is 9.85. The summed E-state index contributed by atoms with van der Waals surface area (Å²) in [5.74, 6) is -1.58. The Morgan fingerprint density at radius 2 is 1.70 bits per heavy atom. The van der Waals surface area contributed by atoms with Crippen LogP contribution < -0.4 is 10.6 Å². The fourth-order valence-electron chi connectivity index (χ4n) is 6.66. The van der Waals surface area contributed by atoms with Gasteiger partial charge in [0.15, 0.2) is 0 Å². The summed E-state index contributed by atoms with van der Waals surface area (Å²) in [4.78, 5) is 53.9. The number of nitrogens with zero attached hydrogens (tertiary/aromatic N) is 1. The molecule has 0 spiro atoms. The molecule has 0 radical (unpaired) electrons. The van der Waals surface area contributed by atoms with Crippen LogP contribution in [0.25, 0.3) is 0 Å². The Hall–Kier alpha value is -2.71. The summed E-state index contributed by atoms with van der Waals surface area (Å²) in [7, 11) is -4.26. The maximum absolute atomic E-state index is 14.1. The molecule has 1 aliphatic heterocycles. The van der Waals surface area contributed by atoms with Crippen LogP contribution in [-0.4, -0.2) is 78.7 Å². The molecule has 0 aromatic heterocycles. The van der Waals surface area contributed by atoms with Gasteiger partial charge in [0.2, 0.25) is 11.8 Å². The van der Waals surface area contributed by atoms with Crippen molar-refractivity contribution in [2.45, 2.75) is 101 Å². The monoisotopic (exact) mass is 697 g/mol. The Morgan fingerprint density at radius 3 is 2.25 bits per heavy atom. The van der Waals surface area contributed by atoms with Crippen molar-refractivity contribution in [1.29, 1.82) is 0 Å². The second-order valence-electron chi connectivity index (χ2n) is 13.6. The average molecular weight is 699 g/mol. The summed E-state index contributed by atoms with van der Waals surface area (Å²) in [6.45, 7) is 6.84. The van der Waals surface area contributed by atoms with E-state index in [4.69, 9.17) is 8.92 Å². The molecule has 242 valence electrons. The molecule has 5 rings (SSSR count). The van der Waals surface area contributed by atoms with Gasteiger partial charge in [-0.05, 0) is 73.1 Å². The number of carboxylic acids is 1. The van der Waals surface area contributed by atoms with E-state index >= 15 is 0 Å². The summed E-state index contributed by atoms with van der Waals surface area (Å²) >= 11 is 3.27. The maximum atomic E-state index is 14.1. The number of benzene rings is 1. The number of likely N-dealkylation sites (tertiary alicyclic amines) is 1. The van der Waals surface area contributed by atoms with Crippen molar-refractivity contribution >= 4 is 49.9 Å². The van der Waals surface area contributed by atoms with E-state index < -0.39 is 63.1 Å². The number of carbonyl (C=O) groups excluding carboxylic acids is 3. The molecule has 4 fully saturated rings. The van der Waals surface area contributed by atoms with Crippen molar-refractivity contribution in [3.8, 4) is 0 Å². The predicted octanol–water partition coefficient (Wildman–Crippen LogP) is 3.43. The molecule has 3 N–H and O–H groups in total. The van der Waals surface area contributed by atoms with E-state index in [0.717, 1.165) is 19.3 Å². The zero-order chi connectivity index (χ0) is 32.2. The number of alkyl carbamates (subject to hydrolysis) is 1. The first kappa shape index (κ1) is 32.7. The lowest BCUT2D eigenvalue weighted by molar-refractivity contribution is -0.146. The molecule has 12 nitrogen and oxygen atoms in total. The number of aliphatic carboxylic acids is 1. The van der Waals surface area contributed by atoms with E-state index in [-0.39, 0.29) is 36.3 Å². The lowest BCUT2D eigenvalue weighted by Crippen LogP contribution is -2.59. The van der Waals surface area contributed by atoms with Gasteiger partial charge in [-0.2, -0.15) is 8.42 Å². The highest BCUT2D eigenvalue weighted by molar-refractivity contribution is 9.10. The van der Waals surface area contributed by atoms with Crippen LogP contribution in [0.1, 0.15) is 66.2 Å². The molecule has 3 amide bonds. The third kappa shape index (κ3) is 6.76. The van der Waals surface area contributed by atoms with Gasteiger partial charge in [0.1, 0.15) is 23.7 Å².